The normalized spacial score (nSPS) is 16.2. The van der Waals surface area contributed by atoms with Gasteiger partial charge in [-0.05, 0) is 73.0 Å². The highest BCUT2D eigenvalue weighted by atomic mass is 35.5. The quantitative estimate of drug-likeness (QED) is 0.668. The summed E-state index contributed by atoms with van der Waals surface area (Å²) in [5.41, 5.74) is 5.21. The molecule has 0 aliphatic carbocycles. The van der Waals surface area contributed by atoms with Crippen molar-refractivity contribution >= 4 is 40.6 Å². The molecular formula is C20H18ClNO2S. The number of thioether (sulfide) groups is 1. The maximum absolute atomic E-state index is 12.7. The van der Waals surface area contributed by atoms with E-state index in [0.717, 1.165) is 34.0 Å². The van der Waals surface area contributed by atoms with Gasteiger partial charge in [-0.25, -0.2) is 0 Å². The molecule has 0 atom stereocenters. The molecule has 3 rings (SSSR count). The number of imide groups is 1. The molecule has 1 fully saturated rings. The molecule has 2 aromatic rings. The van der Waals surface area contributed by atoms with Gasteiger partial charge in [-0.2, -0.15) is 0 Å². The van der Waals surface area contributed by atoms with Gasteiger partial charge in [0.05, 0.1) is 11.4 Å². The second kappa shape index (κ2) is 7.06. The maximum atomic E-state index is 12.7. The Morgan fingerprint density at radius 1 is 1.08 bits per heavy atom. The fourth-order valence-corrected chi connectivity index (χ4v) is 4.04. The van der Waals surface area contributed by atoms with E-state index >= 15 is 0 Å². The van der Waals surface area contributed by atoms with Crippen molar-refractivity contribution in [3.8, 4) is 0 Å². The van der Waals surface area contributed by atoms with Crippen molar-refractivity contribution in [1.82, 2.24) is 4.90 Å². The van der Waals surface area contributed by atoms with Gasteiger partial charge in [-0.3, -0.25) is 14.5 Å². The van der Waals surface area contributed by atoms with Crippen LogP contribution in [0, 0.1) is 20.8 Å². The van der Waals surface area contributed by atoms with E-state index in [0.29, 0.717) is 9.93 Å². The van der Waals surface area contributed by atoms with Crippen LogP contribution in [-0.4, -0.2) is 16.0 Å². The smallest absolute Gasteiger partial charge is 0.268 e. The van der Waals surface area contributed by atoms with E-state index in [1.165, 1.54) is 10.5 Å². The number of benzene rings is 2. The Bertz CT molecular complexity index is 881. The van der Waals surface area contributed by atoms with E-state index in [1.54, 1.807) is 12.1 Å². The molecule has 1 saturated heterocycles. The number of hydrogen-bond acceptors (Lipinski definition) is 3. The zero-order valence-electron chi connectivity index (χ0n) is 14.3. The van der Waals surface area contributed by atoms with Gasteiger partial charge < -0.3 is 0 Å². The molecule has 2 aromatic carbocycles. The zero-order valence-corrected chi connectivity index (χ0v) is 15.9. The summed E-state index contributed by atoms with van der Waals surface area (Å²) in [5.74, 6) is -0.255. The molecule has 5 heteroatoms. The number of aryl methyl sites for hydroxylation is 3. The number of amides is 2. The molecule has 0 saturated carbocycles. The summed E-state index contributed by atoms with van der Waals surface area (Å²) in [6, 6.07) is 11.4. The minimum absolute atomic E-state index is 0.231. The first-order valence-corrected chi connectivity index (χ1v) is 9.12. The summed E-state index contributed by atoms with van der Waals surface area (Å²) in [6.07, 6.45) is 1.83. The lowest BCUT2D eigenvalue weighted by molar-refractivity contribution is -0.123. The molecule has 1 aliphatic rings. The number of hydrogen-bond donors (Lipinski definition) is 0. The van der Waals surface area contributed by atoms with Crippen molar-refractivity contribution in [2.24, 2.45) is 0 Å². The van der Waals surface area contributed by atoms with Crippen LogP contribution in [-0.2, 0) is 11.3 Å². The van der Waals surface area contributed by atoms with E-state index in [2.05, 4.69) is 12.1 Å². The van der Waals surface area contributed by atoms with Gasteiger partial charge in [-0.15, -0.1) is 0 Å². The summed E-state index contributed by atoms with van der Waals surface area (Å²) in [6.45, 7) is 6.31. The lowest BCUT2D eigenvalue weighted by atomic mass is 9.99. The molecule has 1 heterocycles. The summed E-state index contributed by atoms with van der Waals surface area (Å²) in [5, 5.41) is 0.338. The summed E-state index contributed by atoms with van der Waals surface area (Å²) in [7, 11) is 0. The Morgan fingerprint density at radius 3 is 2.40 bits per heavy atom. The van der Waals surface area contributed by atoms with Gasteiger partial charge >= 0.3 is 0 Å². The zero-order chi connectivity index (χ0) is 18.1. The predicted octanol–water partition coefficient (Wildman–Crippen LogP) is 5.50. The van der Waals surface area contributed by atoms with Crippen LogP contribution in [0.2, 0.25) is 5.02 Å². The topological polar surface area (TPSA) is 37.4 Å². The van der Waals surface area contributed by atoms with Gasteiger partial charge in [0.1, 0.15) is 0 Å². The Hall–Kier alpha value is -2.04. The third kappa shape index (κ3) is 3.80. The number of halogens is 1. The molecule has 1 aliphatic heterocycles. The molecule has 0 bridgehead atoms. The minimum atomic E-state index is -0.255. The van der Waals surface area contributed by atoms with Crippen molar-refractivity contribution in [2.75, 3.05) is 0 Å². The average Bonchev–Trinajstić information content (AvgIpc) is 2.78. The van der Waals surface area contributed by atoms with Crippen molar-refractivity contribution in [1.29, 1.82) is 0 Å². The maximum Gasteiger partial charge on any atom is 0.293 e. The highest BCUT2D eigenvalue weighted by molar-refractivity contribution is 8.18. The van der Waals surface area contributed by atoms with E-state index in [1.807, 2.05) is 39.0 Å². The first-order chi connectivity index (χ1) is 11.8. The van der Waals surface area contributed by atoms with Crippen LogP contribution >= 0.6 is 23.4 Å². The minimum Gasteiger partial charge on any atom is -0.268 e. The Kier molecular flexibility index (Phi) is 5.02. The molecule has 25 heavy (non-hydrogen) atoms. The Labute approximate surface area is 156 Å². The average molecular weight is 372 g/mol. The van der Waals surface area contributed by atoms with Crippen molar-refractivity contribution in [3.63, 3.8) is 0 Å². The third-order valence-corrected chi connectivity index (χ3v) is 5.26. The second-order valence-corrected chi connectivity index (χ2v) is 7.64. The van der Waals surface area contributed by atoms with Crippen LogP contribution in [0.3, 0.4) is 0 Å². The van der Waals surface area contributed by atoms with Gasteiger partial charge in [0, 0.05) is 5.02 Å². The Balaban J connectivity index is 1.89. The third-order valence-electron chi connectivity index (χ3n) is 4.12. The van der Waals surface area contributed by atoms with Crippen LogP contribution in [0.25, 0.3) is 6.08 Å². The number of carbonyl (C=O) groups is 2. The molecule has 2 amide bonds. The summed E-state index contributed by atoms with van der Waals surface area (Å²) in [4.78, 5) is 26.7. The standard InChI is InChI=1S/C20H18ClNO2S/c1-12-7-13(2)17(14(3)8-12)10-18-19(23)22(20(24)25-18)11-15-5-4-6-16(21)9-15/h4-10H,11H2,1-3H3/b18-10-. The SMILES string of the molecule is Cc1cc(C)c(/C=C2\SC(=O)N(Cc3cccc(Cl)c3)C2=O)c(C)c1. The molecule has 128 valence electrons. The molecular weight excluding hydrogens is 354 g/mol. The van der Waals surface area contributed by atoms with E-state index < -0.39 is 0 Å². The molecule has 0 unspecified atom stereocenters. The van der Waals surface area contributed by atoms with E-state index in [-0.39, 0.29) is 17.7 Å². The van der Waals surface area contributed by atoms with Crippen LogP contribution in [0.1, 0.15) is 27.8 Å². The number of rotatable bonds is 3. The van der Waals surface area contributed by atoms with Crippen molar-refractivity contribution in [2.45, 2.75) is 27.3 Å². The lowest BCUT2D eigenvalue weighted by Crippen LogP contribution is -2.27. The van der Waals surface area contributed by atoms with Crippen LogP contribution in [0.15, 0.2) is 41.3 Å². The largest absolute Gasteiger partial charge is 0.293 e. The van der Waals surface area contributed by atoms with E-state index in [9.17, 15) is 9.59 Å². The monoisotopic (exact) mass is 371 g/mol. The Morgan fingerprint density at radius 2 is 1.76 bits per heavy atom. The highest BCUT2D eigenvalue weighted by Crippen LogP contribution is 2.34. The van der Waals surface area contributed by atoms with Gasteiger partial charge in [0.15, 0.2) is 0 Å². The number of nitrogens with zero attached hydrogens (tertiary/aromatic N) is 1. The molecule has 0 aromatic heterocycles. The van der Waals surface area contributed by atoms with Gasteiger partial charge in [0.2, 0.25) is 0 Å². The fourth-order valence-electron chi connectivity index (χ4n) is 3.00. The first-order valence-electron chi connectivity index (χ1n) is 7.93. The van der Waals surface area contributed by atoms with Gasteiger partial charge in [0.25, 0.3) is 11.1 Å². The first kappa shape index (κ1) is 17.8. The molecule has 0 radical (unpaired) electrons. The van der Waals surface area contributed by atoms with Crippen molar-refractivity contribution < 1.29 is 9.59 Å². The highest BCUT2D eigenvalue weighted by Gasteiger charge is 2.35. The van der Waals surface area contributed by atoms with Crippen molar-refractivity contribution in [3.05, 3.63) is 74.1 Å². The van der Waals surface area contributed by atoms with E-state index in [4.69, 9.17) is 11.6 Å². The number of carbonyl (C=O) groups excluding carboxylic acids is 2. The lowest BCUT2D eigenvalue weighted by Gasteiger charge is -2.12. The summed E-state index contributed by atoms with van der Waals surface area (Å²) < 4.78 is 0. The fraction of sp³-hybridized carbons (Fsp3) is 0.200. The molecule has 3 nitrogen and oxygen atoms in total. The molecule has 0 N–H and O–H groups in total. The molecule has 0 spiro atoms. The summed E-state index contributed by atoms with van der Waals surface area (Å²) >= 11 is 6.97. The van der Waals surface area contributed by atoms with Crippen LogP contribution < -0.4 is 0 Å². The van der Waals surface area contributed by atoms with Crippen LogP contribution in [0.5, 0.6) is 0 Å². The van der Waals surface area contributed by atoms with Gasteiger partial charge in [-0.1, -0.05) is 41.4 Å². The van der Waals surface area contributed by atoms with Crippen LogP contribution in [0.4, 0.5) is 4.79 Å². The second-order valence-electron chi connectivity index (χ2n) is 6.21. The predicted molar refractivity (Wildman–Crippen MR) is 104 cm³/mol.